The standard InChI is InChI=1S/C15H17Cl2N3O/c16-11-3-4-12-10(14(11)17)8-13(20-12)15(21)19-9-2-1-6-18-7-5-9/h3-4,8-9,18,20H,1-2,5-7H2,(H,19,21). The van der Waals surface area contributed by atoms with Crippen molar-refractivity contribution >= 4 is 40.0 Å². The zero-order valence-corrected chi connectivity index (χ0v) is 13.0. The molecular formula is C15H17Cl2N3O. The first-order chi connectivity index (χ1) is 10.1. The highest BCUT2D eigenvalue weighted by molar-refractivity contribution is 6.45. The van der Waals surface area contributed by atoms with Crippen molar-refractivity contribution in [3.63, 3.8) is 0 Å². The molecule has 21 heavy (non-hydrogen) atoms. The lowest BCUT2D eigenvalue weighted by Gasteiger charge is -2.15. The third-order valence-corrected chi connectivity index (χ3v) is 4.67. The van der Waals surface area contributed by atoms with Crippen molar-refractivity contribution < 1.29 is 4.79 Å². The van der Waals surface area contributed by atoms with E-state index in [4.69, 9.17) is 23.2 Å². The molecule has 3 N–H and O–H groups in total. The van der Waals surface area contributed by atoms with E-state index >= 15 is 0 Å². The molecule has 112 valence electrons. The van der Waals surface area contributed by atoms with Crippen LogP contribution in [0.5, 0.6) is 0 Å². The second-order valence-electron chi connectivity index (χ2n) is 5.36. The van der Waals surface area contributed by atoms with Crippen LogP contribution in [0.4, 0.5) is 0 Å². The number of rotatable bonds is 2. The second kappa shape index (κ2) is 6.26. The average molecular weight is 326 g/mol. The molecule has 2 heterocycles. The highest BCUT2D eigenvalue weighted by atomic mass is 35.5. The first-order valence-electron chi connectivity index (χ1n) is 7.13. The lowest BCUT2D eigenvalue weighted by atomic mass is 10.1. The van der Waals surface area contributed by atoms with E-state index in [2.05, 4.69) is 15.6 Å². The number of aromatic amines is 1. The van der Waals surface area contributed by atoms with Gasteiger partial charge in [0.25, 0.3) is 5.91 Å². The van der Waals surface area contributed by atoms with Crippen LogP contribution in [-0.4, -0.2) is 30.0 Å². The van der Waals surface area contributed by atoms with E-state index in [0.29, 0.717) is 15.7 Å². The Morgan fingerprint density at radius 2 is 2.10 bits per heavy atom. The molecule has 0 radical (unpaired) electrons. The number of hydrogen-bond acceptors (Lipinski definition) is 2. The van der Waals surface area contributed by atoms with Crippen LogP contribution in [0.1, 0.15) is 29.8 Å². The first-order valence-corrected chi connectivity index (χ1v) is 7.89. The highest BCUT2D eigenvalue weighted by Crippen LogP contribution is 2.31. The normalized spacial score (nSPS) is 19.4. The van der Waals surface area contributed by atoms with E-state index in [9.17, 15) is 4.79 Å². The molecule has 1 aromatic heterocycles. The number of hydrogen-bond donors (Lipinski definition) is 3. The van der Waals surface area contributed by atoms with Crippen molar-refractivity contribution in [2.24, 2.45) is 0 Å². The minimum absolute atomic E-state index is 0.0923. The number of fused-ring (bicyclic) bond motifs is 1. The number of benzene rings is 1. The SMILES string of the molecule is O=C(NC1CCCNCC1)c1cc2c(Cl)c(Cl)ccc2[nH]1. The third-order valence-electron chi connectivity index (χ3n) is 3.85. The predicted octanol–water partition coefficient (Wildman–Crippen LogP) is 3.35. The summed E-state index contributed by atoms with van der Waals surface area (Å²) in [6, 6.07) is 5.53. The summed E-state index contributed by atoms with van der Waals surface area (Å²) in [7, 11) is 0. The van der Waals surface area contributed by atoms with Gasteiger partial charge in [0, 0.05) is 16.9 Å². The smallest absolute Gasteiger partial charge is 0.267 e. The third kappa shape index (κ3) is 3.18. The van der Waals surface area contributed by atoms with Gasteiger partial charge in [-0.1, -0.05) is 23.2 Å². The summed E-state index contributed by atoms with van der Waals surface area (Å²) in [5, 5.41) is 8.16. The summed E-state index contributed by atoms with van der Waals surface area (Å²) in [5.41, 5.74) is 1.34. The summed E-state index contributed by atoms with van der Waals surface area (Å²) < 4.78 is 0. The van der Waals surface area contributed by atoms with Crippen LogP contribution in [0.2, 0.25) is 10.0 Å². The van der Waals surface area contributed by atoms with Crippen molar-refractivity contribution in [3.8, 4) is 0 Å². The Morgan fingerprint density at radius 3 is 2.95 bits per heavy atom. The molecule has 6 heteroatoms. The molecule has 1 aliphatic rings. The lowest BCUT2D eigenvalue weighted by Crippen LogP contribution is -2.35. The molecule has 0 saturated carbocycles. The van der Waals surface area contributed by atoms with Gasteiger partial charge in [-0.25, -0.2) is 0 Å². The van der Waals surface area contributed by atoms with Crippen LogP contribution in [0.15, 0.2) is 18.2 Å². The number of H-pyrrole nitrogens is 1. The van der Waals surface area contributed by atoms with Gasteiger partial charge in [-0.15, -0.1) is 0 Å². The molecule has 1 aliphatic heterocycles. The van der Waals surface area contributed by atoms with E-state index in [-0.39, 0.29) is 11.9 Å². The van der Waals surface area contributed by atoms with Gasteiger partial charge in [-0.05, 0) is 50.6 Å². The number of halogens is 2. The molecule has 0 spiro atoms. The van der Waals surface area contributed by atoms with E-state index in [1.807, 2.05) is 6.07 Å². The topological polar surface area (TPSA) is 56.9 Å². The van der Waals surface area contributed by atoms with Gasteiger partial charge in [-0.2, -0.15) is 0 Å². The number of carbonyl (C=O) groups is 1. The predicted molar refractivity (Wildman–Crippen MR) is 86.3 cm³/mol. The van der Waals surface area contributed by atoms with Gasteiger partial charge in [0.15, 0.2) is 0 Å². The summed E-state index contributed by atoms with van der Waals surface area (Å²) in [4.78, 5) is 15.5. The number of carbonyl (C=O) groups excluding carboxylic acids is 1. The summed E-state index contributed by atoms with van der Waals surface area (Å²) >= 11 is 12.2. The molecule has 1 saturated heterocycles. The molecule has 2 aromatic rings. The summed E-state index contributed by atoms with van der Waals surface area (Å²) in [6.45, 7) is 1.96. The molecule has 1 amide bonds. The summed E-state index contributed by atoms with van der Waals surface area (Å²) in [5.74, 6) is -0.0923. The van der Waals surface area contributed by atoms with Gasteiger partial charge in [0.05, 0.1) is 10.0 Å². The monoisotopic (exact) mass is 325 g/mol. The Labute approximate surface area is 133 Å². The molecule has 0 bridgehead atoms. The Bertz CT molecular complexity index is 660. The van der Waals surface area contributed by atoms with Crippen LogP contribution in [0, 0.1) is 0 Å². The average Bonchev–Trinajstić information content (AvgIpc) is 2.75. The number of nitrogens with one attached hydrogen (secondary N) is 3. The van der Waals surface area contributed by atoms with Crippen LogP contribution >= 0.6 is 23.2 Å². The largest absolute Gasteiger partial charge is 0.350 e. The second-order valence-corrected chi connectivity index (χ2v) is 6.14. The van der Waals surface area contributed by atoms with Gasteiger partial charge >= 0.3 is 0 Å². The number of aromatic nitrogens is 1. The Balaban J connectivity index is 1.79. The minimum Gasteiger partial charge on any atom is -0.350 e. The fraction of sp³-hybridized carbons (Fsp3) is 0.400. The molecule has 1 unspecified atom stereocenters. The van der Waals surface area contributed by atoms with Crippen molar-refractivity contribution in [1.29, 1.82) is 0 Å². The lowest BCUT2D eigenvalue weighted by molar-refractivity contribution is 0.0930. The van der Waals surface area contributed by atoms with Gasteiger partial charge < -0.3 is 15.6 Å². The molecule has 1 atom stereocenters. The van der Waals surface area contributed by atoms with Crippen LogP contribution in [-0.2, 0) is 0 Å². The Hall–Kier alpha value is -1.23. The van der Waals surface area contributed by atoms with E-state index in [1.165, 1.54) is 0 Å². The molecule has 3 rings (SSSR count). The van der Waals surface area contributed by atoms with Crippen LogP contribution < -0.4 is 10.6 Å². The first kappa shape index (κ1) is 14.7. The van der Waals surface area contributed by atoms with Gasteiger partial charge in [0.1, 0.15) is 5.69 Å². The zero-order valence-electron chi connectivity index (χ0n) is 11.5. The van der Waals surface area contributed by atoms with Crippen LogP contribution in [0.3, 0.4) is 0 Å². The maximum atomic E-state index is 12.4. The van der Waals surface area contributed by atoms with E-state index < -0.39 is 0 Å². The Kier molecular flexibility index (Phi) is 4.38. The molecule has 1 aromatic carbocycles. The van der Waals surface area contributed by atoms with Gasteiger partial charge in [-0.3, -0.25) is 4.79 Å². The molecule has 0 aliphatic carbocycles. The highest BCUT2D eigenvalue weighted by Gasteiger charge is 2.17. The van der Waals surface area contributed by atoms with E-state index in [0.717, 1.165) is 43.3 Å². The fourth-order valence-corrected chi connectivity index (χ4v) is 3.07. The quantitative estimate of drug-likeness (QED) is 0.793. The number of amides is 1. The summed E-state index contributed by atoms with van der Waals surface area (Å²) in [6.07, 6.45) is 3.04. The molecule has 4 nitrogen and oxygen atoms in total. The maximum Gasteiger partial charge on any atom is 0.267 e. The zero-order chi connectivity index (χ0) is 14.8. The maximum absolute atomic E-state index is 12.4. The Morgan fingerprint density at radius 1 is 1.24 bits per heavy atom. The van der Waals surface area contributed by atoms with Crippen LogP contribution in [0.25, 0.3) is 10.9 Å². The van der Waals surface area contributed by atoms with Gasteiger partial charge in [0.2, 0.25) is 0 Å². The molecular weight excluding hydrogens is 309 g/mol. The van der Waals surface area contributed by atoms with Crippen molar-refractivity contribution in [2.45, 2.75) is 25.3 Å². The molecule has 1 fully saturated rings. The fourth-order valence-electron chi connectivity index (χ4n) is 2.69. The van der Waals surface area contributed by atoms with Crippen molar-refractivity contribution in [1.82, 2.24) is 15.6 Å². The van der Waals surface area contributed by atoms with E-state index in [1.54, 1.807) is 12.1 Å². The van der Waals surface area contributed by atoms with Crippen molar-refractivity contribution in [2.75, 3.05) is 13.1 Å². The van der Waals surface area contributed by atoms with Crippen molar-refractivity contribution in [3.05, 3.63) is 33.9 Å². The minimum atomic E-state index is -0.0923.